The summed E-state index contributed by atoms with van der Waals surface area (Å²) in [6, 6.07) is 13.7. The lowest BCUT2D eigenvalue weighted by Crippen LogP contribution is -2.46. The first-order valence-electron chi connectivity index (χ1n) is 10.3. The molecule has 2 N–H and O–H groups in total. The van der Waals surface area contributed by atoms with E-state index in [1.165, 1.54) is 6.92 Å². The third-order valence-corrected chi connectivity index (χ3v) is 5.42. The Morgan fingerprint density at radius 1 is 0.969 bits per heavy atom. The second-order valence-corrected chi connectivity index (χ2v) is 7.62. The molecule has 0 atom stereocenters. The maximum absolute atomic E-state index is 12.5. The zero-order chi connectivity index (χ0) is 22.7. The largest absolute Gasteiger partial charge is 0.378 e. The molecule has 0 aromatic heterocycles. The van der Waals surface area contributed by atoms with E-state index in [1.54, 1.807) is 48.5 Å². The Balaban J connectivity index is 1.39. The number of hydrogen-bond donors (Lipinski definition) is 2. The van der Waals surface area contributed by atoms with E-state index >= 15 is 0 Å². The SMILES string of the molecule is CC(=O)c1cccc(NC(=O)c2ccc(CNc3c(N4CCOCC4)c(=O)c3=O)cc2)c1. The molecule has 1 heterocycles. The van der Waals surface area contributed by atoms with Crippen LogP contribution in [0, 0.1) is 0 Å². The van der Waals surface area contributed by atoms with Gasteiger partial charge in [0.25, 0.3) is 16.8 Å². The highest BCUT2D eigenvalue weighted by atomic mass is 16.5. The van der Waals surface area contributed by atoms with Gasteiger partial charge in [-0.3, -0.25) is 19.2 Å². The predicted molar refractivity (Wildman–Crippen MR) is 123 cm³/mol. The zero-order valence-corrected chi connectivity index (χ0v) is 17.6. The fraction of sp³-hybridized carbons (Fsp3) is 0.250. The third-order valence-electron chi connectivity index (χ3n) is 5.42. The highest BCUT2D eigenvalue weighted by Gasteiger charge is 2.26. The number of nitrogens with one attached hydrogen (secondary N) is 2. The van der Waals surface area contributed by atoms with Crippen molar-refractivity contribution in [3.8, 4) is 0 Å². The van der Waals surface area contributed by atoms with Crippen molar-refractivity contribution in [1.29, 1.82) is 0 Å². The molecule has 164 valence electrons. The topological polar surface area (TPSA) is 105 Å². The van der Waals surface area contributed by atoms with E-state index in [0.717, 1.165) is 5.56 Å². The van der Waals surface area contributed by atoms with E-state index in [2.05, 4.69) is 10.6 Å². The van der Waals surface area contributed by atoms with Crippen molar-refractivity contribution in [3.63, 3.8) is 0 Å². The van der Waals surface area contributed by atoms with Gasteiger partial charge in [0.1, 0.15) is 11.4 Å². The second kappa shape index (κ2) is 9.15. The van der Waals surface area contributed by atoms with Crippen LogP contribution in [-0.2, 0) is 11.3 Å². The summed E-state index contributed by atoms with van der Waals surface area (Å²) in [6.45, 7) is 4.05. The van der Waals surface area contributed by atoms with Gasteiger partial charge in [-0.1, -0.05) is 24.3 Å². The standard InChI is InChI=1S/C24H23N3O5/c1-15(28)18-3-2-4-19(13-18)26-24(31)17-7-5-16(6-8-17)14-25-20-21(23(30)22(20)29)27-9-11-32-12-10-27/h2-8,13,25H,9-12,14H2,1H3,(H,26,31). The number of carbonyl (C=O) groups is 2. The van der Waals surface area contributed by atoms with Gasteiger partial charge in [0.15, 0.2) is 5.78 Å². The van der Waals surface area contributed by atoms with Crippen LogP contribution in [0.3, 0.4) is 0 Å². The first-order valence-corrected chi connectivity index (χ1v) is 10.3. The molecule has 0 spiro atoms. The minimum Gasteiger partial charge on any atom is -0.378 e. The molecular formula is C24H23N3O5. The minimum atomic E-state index is -0.504. The minimum absolute atomic E-state index is 0.0727. The van der Waals surface area contributed by atoms with Crippen LogP contribution in [-0.4, -0.2) is 38.0 Å². The molecule has 1 fully saturated rings. The normalized spacial score (nSPS) is 13.7. The molecule has 8 nitrogen and oxygen atoms in total. The highest BCUT2D eigenvalue weighted by molar-refractivity contribution is 6.05. The van der Waals surface area contributed by atoms with E-state index in [4.69, 9.17) is 4.74 Å². The van der Waals surface area contributed by atoms with Gasteiger partial charge in [0, 0.05) is 36.4 Å². The van der Waals surface area contributed by atoms with Gasteiger partial charge in [-0.05, 0) is 36.8 Å². The number of amides is 1. The van der Waals surface area contributed by atoms with Crippen LogP contribution in [0.2, 0.25) is 0 Å². The molecule has 0 bridgehead atoms. The Bertz CT molecular complexity index is 1220. The summed E-state index contributed by atoms with van der Waals surface area (Å²) < 4.78 is 5.30. The summed E-state index contributed by atoms with van der Waals surface area (Å²) in [5, 5.41) is 5.84. The van der Waals surface area contributed by atoms with E-state index in [1.807, 2.05) is 4.90 Å². The van der Waals surface area contributed by atoms with Crippen molar-refractivity contribution in [2.75, 3.05) is 41.8 Å². The van der Waals surface area contributed by atoms with Crippen molar-refractivity contribution in [2.45, 2.75) is 13.5 Å². The van der Waals surface area contributed by atoms with Crippen LogP contribution in [0.5, 0.6) is 0 Å². The molecule has 4 rings (SSSR count). The van der Waals surface area contributed by atoms with Crippen molar-refractivity contribution in [1.82, 2.24) is 0 Å². The van der Waals surface area contributed by atoms with Crippen LogP contribution in [0.15, 0.2) is 58.1 Å². The summed E-state index contributed by atoms with van der Waals surface area (Å²) in [6.07, 6.45) is 0. The molecule has 1 aliphatic heterocycles. The average molecular weight is 433 g/mol. The molecular weight excluding hydrogens is 410 g/mol. The van der Waals surface area contributed by atoms with E-state index in [0.29, 0.717) is 61.0 Å². The Labute approximate surface area is 184 Å². The summed E-state index contributed by atoms with van der Waals surface area (Å²) >= 11 is 0. The second-order valence-electron chi connectivity index (χ2n) is 7.62. The predicted octanol–water partition coefficient (Wildman–Crippen LogP) is 2.19. The lowest BCUT2D eigenvalue weighted by molar-refractivity contribution is 0.101. The van der Waals surface area contributed by atoms with Crippen molar-refractivity contribution in [2.24, 2.45) is 0 Å². The Hall–Kier alpha value is -3.78. The molecule has 1 amide bonds. The van der Waals surface area contributed by atoms with Crippen molar-refractivity contribution in [3.05, 3.63) is 85.7 Å². The summed E-state index contributed by atoms with van der Waals surface area (Å²) in [5.74, 6) is -0.362. The van der Waals surface area contributed by atoms with Gasteiger partial charge in [-0.2, -0.15) is 0 Å². The number of benzene rings is 2. The van der Waals surface area contributed by atoms with Crippen molar-refractivity contribution < 1.29 is 14.3 Å². The summed E-state index contributed by atoms with van der Waals surface area (Å²) in [7, 11) is 0. The van der Waals surface area contributed by atoms with E-state index in [9.17, 15) is 19.2 Å². The van der Waals surface area contributed by atoms with Gasteiger partial charge in [-0.25, -0.2) is 0 Å². The van der Waals surface area contributed by atoms with E-state index in [-0.39, 0.29) is 11.7 Å². The van der Waals surface area contributed by atoms with Crippen molar-refractivity contribution >= 4 is 28.8 Å². The van der Waals surface area contributed by atoms with Gasteiger partial charge >= 0.3 is 0 Å². The molecule has 0 aliphatic carbocycles. The Morgan fingerprint density at radius 2 is 1.69 bits per heavy atom. The maximum Gasteiger partial charge on any atom is 0.255 e. The number of Topliss-reactive ketones (excluding diaryl/α,β-unsaturated/α-hetero) is 1. The molecule has 1 aliphatic rings. The summed E-state index contributed by atoms with van der Waals surface area (Å²) in [4.78, 5) is 49.9. The first kappa shape index (κ1) is 21.5. The number of nitrogens with zero attached hydrogens (tertiary/aromatic N) is 1. The molecule has 0 radical (unpaired) electrons. The first-order chi connectivity index (χ1) is 15.4. The van der Waals surface area contributed by atoms with Gasteiger partial charge in [0.2, 0.25) is 0 Å². The maximum atomic E-state index is 12.5. The van der Waals surface area contributed by atoms with Crippen LogP contribution >= 0.6 is 0 Å². The number of ketones is 1. The quantitative estimate of drug-likeness (QED) is 0.435. The number of ether oxygens (including phenoxy) is 1. The lowest BCUT2D eigenvalue weighted by atomic mass is 10.1. The molecule has 3 aromatic carbocycles. The van der Waals surface area contributed by atoms with Gasteiger partial charge in [0.05, 0.1) is 13.2 Å². The fourth-order valence-electron chi connectivity index (χ4n) is 3.62. The van der Waals surface area contributed by atoms with Gasteiger partial charge in [-0.15, -0.1) is 0 Å². The molecule has 0 saturated carbocycles. The third kappa shape index (κ3) is 4.45. The number of morpholine rings is 1. The fourth-order valence-corrected chi connectivity index (χ4v) is 3.62. The number of carbonyl (C=O) groups excluding carboxylic acids is 2. The average Bonchev–Trinajstić information content (AvgIpc) is 2.82. The number of rotatable bonds is 7. The molecule has 0 unspecified atom stereocenters. The molecule has 8 heteroatoms. The van der Waals surface area contributed by atoms with E-state index < -0.39 is 10.9 Å². The molecule has 1 saturated heterocycles. The Kier molecular flexibility index (Phi) is 6.13. The van der Waals surface area contributed by atoms with Crippen LogP contribution in [0.25, 0.3) is 0 Å². The van der Waals surface area contributed by atoms with Crippen LogP contribution in [0.4, 0.5) is 17.1 Å². The molecule has 32 heavy (non-hydrogen) atoms. The highest BCUT2D eigenvalue weighted by Crippen LogP contribution is 2.22. The lowest BCUT2D eigenvalue weighted by Gasteiger charge is -2.30. The Morgan fingerprint density at radius 3 is 2.38 bits per heavy atom. The van der Waals surface area contributed by atoms with Crippen LogP contribution in [0.1, 0.15) is 33.2 Å². The van der Waals surface area contributed by atoms with Gasteiger partial charge < -0.3 is 20.3 Å². The monoisotopic (exact) mass is 433 g/mol. The summed E-state index contributed by atoms with van der Waals surface area (Å²) in [5.41, 5.74) is 2.20. The molecule has 3 aromatic rings. The smallest absolute Gasteiger partial charge is 0.255 e. The number of hydrogen-bond acceptors (Lipinski definition) is 7. The zero-order valence-electron chi connectivity index (χ0n) is 17.6. The van der Waals surface area contributed by atoms with Crippen LogP contribution < -0.4 is 26.4 Å². The number of anilines is 3.